The number of hydrogen-bond donors (Lipinski definition) is 2. The Hall–Kier alpha value is -1.29. The molecule has 0 spiro atoms. The highest BCUT2D eigenvalue weighted by Crippen LogP contribution is 2.35. The lowest BCUT2D eigenvalue weighted by atomic mass is 9.95. The summed E-state index contributed by atoms with van der Waals surface area (Å²) in [5, 5.41) is 3.40. The first kappa shape index (κ1) is 8.97. The van der Waals surface area contributed by atoms with Crippen LogP contribution in [0.2, 0.25) is 0 Å². The largest absolute Gasteiger partial charge is 0.384 e. The van der Waals surface area contributed by atoms with E-state index in [9.17, 15) is 0 Å². The first-order valence-electron chi connectivity index (χ1n) is 5.46. The molecule has 3 heterocycles. The average Bonchev–Trinajstić information content (AvgIpc) is 2.79. The Bertz CT molecular complexity index is 369. The van der Waals surface area contributed by atoms with Crippen molar-refractivity contribution in [3.05, 3.63) is 18.2 Å². The molecule has 2 bridgehead atoms. The van der Waals surface area contributed by atoms with Gasteiger partial charge in [0.05, 0.1) is 18.2 Å². The zero-order chi connectivity index (χ0) is 10.3. The lowest BCUT2D eigenvalue weighted by Crippen LogP contribution is -2.30. The average molecular weight is 205 g/mol. The summed E-state index contributed by atoms with van der Waals surface area (Å²) in [5.41, 5.74) is 5.63. The number of ether oxygens (including phenoxy) is 1. The Balaban J connectivity index is 1.71. The standard InChI is InChI=1S/C11H15N3O/c12-10-2-1-3-11(14-10)13-8-6-7-4-5-9(8)15-7/h1-3,7-9H,4-6H2,(H3,12,13,14). The van der Waals surface area contributed by atoms with E-state index in [1.54, 1.807) is 6.07 Å². The van der Waals surface area contributed by atoms with Crippen molar-refractivity contribution < 1.29 is 4.74 Å². The van der Waals surface area contributed by atoms with Crippen LogP contribution >= 0.6 is 0 Å². The number of pyridine rings is 1. The number of anilines is 2. The summed E-state index contributed by atoms with van der Waals surface area (Å²) in [4.78, 5) is 4.23. The van der Waals surface area contributed by atoms with Crippen LogP contribution in [0.15, 0.2) is 18.2 Å². The molecule has 15 heavy (non-hydrogen) atoms. The van der Waals surface area contributed by atoms with Crippen molar-refractivity contribution >= 4 is 11.6 Å². The van der Waals surface area contributed by atoms with Crippen LogP contribution < -0.4 is 11.1 Å². The monoisotopic (exact) mass is 205 g/mol. The molecule has 0 saturated carbocycles. The van der Waals surface area contributed by atoms with Crippen LogP contribution in [0.5, 0.6) is 0 Å². The minimum atomic E-state index is 0.373. The quantitative estimate of drug-likeness (QED) is 0.766. The van der Waals surface area contributed by atoms with E-state index in [4.69, 9.17) is 10.5 Å². The van der Waals surface area contributed by atoms with Crippen LogP contribution in [0.25, 0.3) is 0 Å². The maximum absolute atomic E-state index is 5.77. The van der Waals surface area contributed by atoms with Crippen molar-refractivity contribution in [3.63, 3.8) is 0 Å². The molecule has 1 aromatic rings. The summed E-state index contributed by atoms with van der Waals surface area (Å²) >= 11 is 0. The lowest BCUT2D eigenvalue weighted by Gasteiger charge is -2.20. The third kappa shape index (κ3) is 1.65. The number of rotatable bonds is 2. The number of fused-ring (bicyclic) bond motifs is 2. The fourth-order valence-corrected chi connectivity index (χ4v) is 2.51. The van der Waals surface area contributed by atoms with Gasteiger partial charge in [-0.2, -0.15) is 0 Å². The molecular weight excluding hydrogens is 190 g/mol. The van der Waals surface area contributed by atoms with Gasteiger partial charge in [-0.15, -0.1) is 0 Å². The highest BCUT2D eigenvalue weighted by atomic mass is 16.5. The zero-order valence-electron chi connectivity index (χ0n) is 8.52. The van der Waals surface area contributed by atoms with Crippen LogP contribution in [-0.4, -0.2) is 23.2 Å². The van der Waals surface area contributed by atoms with Crippen LogP contribution in [0.4, 0.5) is 11.6 Å². The molecule has 2 aliphatic rings. The minimum Gasteiger partial charge on any atom is -0.384 e. The van der Waals surface area contributed by atoms with E-state index in [0.717, 1.165) is 12.2 Å². The number of nitrogen functional groups attached to an aromatic ring is 1. The molecule has 4 nitrogen and oxygen atoms in total. The number of nitrogens with one attached hydrogen (secondary N) is 1. The summed E-state index contributed by atoms with van der Waals surface area (Å²) in [6.07, 6.45) is 4.32. The van der Waals surface area contributed by atoms with Gasteiger partial charge in [-0.1, -0.05) is 6.07 Å². The number of nitrogens with zero attached hydrogens (tertiary/aromatic N) is 1. The Morgan fingerprint density at radius 1 is 1.40 bits per heavy atom. The molecule has 2 aliphatic heterocycles. The summed E-state index contributed by atoms with van der Waals surface area (Å²) < 4.78 is 5.77. The van der Waals surface area contributed by atoms with Gasteiger partial charge in [-0.25, -0.2) is 4.98 Å². The molecule has 3 N–H and O–H groups in total. The van der Waals surface area contributed by atoms with E-state index in [0.29, 0.717) is 24.1 Å². The van der Waals surface area contributed by atoms with E-state index < -0.39 is 0 Å². The van der Waals surface area contributed by atoms with Gasteiger partial charge >= 0.3 is 0 Å². The van der Waals surface area contributed by atoms with Crippen LogP contribution in [0, 0.1) is 0 Å². The highest BCUT2D eigenvalue weighted by Gasteiger charge is 2.40. The second-order valence-electron chi connectivity index (χ2n) is 4.31. The molecule has 1 aromatic heterocycles. The van der Waals surface area contributed by atoms with Gasteiger partial charge in [0.1, 0.15) is 11.6 Å². The smallest absolute Gasteiger partial charge is 0.128 e. The molecule has 2 saturated heterocycles. The maximum atomic E-state index is 5.77. The molecule has 4 heteroatoms. The minimum absolute atomic E-state index is 0.373. The Kier molecular flexibility index (Phi) is 2.02. The van der Waals surface area contributed by atoms with Crippen LogP contribution in [-0.2, 0) is 4.74 Å². The second kappa shape index (κ2) is 3.38. The highest BCUT2D eigenvalue weighted by molar-refractivity contribution is 5.43. The molecule has 2 fully saturated rings. The van der Waals surface area contributed by atoms with Crippen molar-refractivity contribution in [1.82, 2.24) is 4.98 Å². The molecular formula is C11H15N3O. The second-order valence-corrected chi connectivity index (χ2v) is 4.31. The van der Waals surface area contributed by atoms with E-state index in [1.807, 2.05) is 12.1 Å². The fourth-order valence-electron chi connectivity index (χ4n) is 2.51. The first-order valence-corrected chi connectivity index (χ1v) is 5.46. The van der Waals surface area contributed by atoms with Crippen molar-refractivity contribution in [2.75, 3.05) is 11.1 Å². The first-order chi connectivity index (χ1) is 7.31. The van der Waals surface area contributed by atoms with Crippen molar-refractivity contribution in [3.8, 4) is 0 Å². The van der Waals surface area contributed by atoms with E-state index in [1.165, 1.54) is 12.8 Å². The Morgan fingerprint density at radius 2 is 2.33 bits per heavy atom. The van der Waals surface area contributed by atoms with Gasteiger partial charge in [-0.3, -0.25) is 0 Å². The summed E-state index contributed by atoms with van der Waals surface area (Å²) in [6, 6.07) is 6.07. The summed E-state index contributed by atoms with van der Waals surface area (Å²) in [6.45, 7) is 0. The van der Waals surface area contributed by atoms with Gasteiger partial charge in [0.2, 0.25) is 0 Å². The van der Waals surface area contributed by atoms with Crippen molar-refractivity contribution in [2.24, 2.45) is 0 Å². The van der Waals surface area contributed by atoms with Crippen molar-refractivity contribution in [1.29, 1.82) is 0 Å². The van der Waals surface area contributed by atoms with E-state index in [2.05, 4.69) is 10.3 Å². The SMILES string of the molecule is Nc1cccc(NC2CC3CCC2O3)n1. The molecule has 0 aliphatic carbocycles. The van der Waals surface area contributed by atoms with Crippen LogP contribution in [0.1, 0.15) is 19.3 Å². The Morgan fingerprint density at radius 3 is 3.00 bits per heavy atom. The van der Waals surface area contributed by atoms with E-state index >= 15 is 0 Å². The predicted molar refractivity (Wildman–Crippen MR) is 58.6 cm³/mol. The normalized spacial score (nSPS) is 33.2. The maximum Gasteiger partial charge on any atom is 0.128 e. The molecule has 3 rings (SSSR count). The van der Waals surface area contributed by atoms with Gasteiger partial charge in [0.15, 0.2) is 0 Å². The molecule has 80 valence electrons. The number of nitrogens with two attached hydrogens (primary N) is 1. The number of hydrogen-bond acceptors (Lipinski definition) is 4. The third-order valence-corrected chi connectivity index (χ3v) is 3.21. The molecule has 0 amide bonds. The molecule has 0 aromatic carbocycles. The van der Waals surface area contributed by atoms with Gasteiger partial charge in [0.25, 0.3) is 0 Å². The third-order valence-electron chi connectivity index (χ3n) is 3.21. The molecule has 3 unspecified atom stereocenters. The Labute approximate surface area is 88.8 Å². The molecule has 3 atom stereocenters. The predicted octanol–water partition coefficient (Wildman–Crippen LogP) is 1.40. The lowest BCUT2D eigenvalue weighted by molar-refractivity contribution is 0.102. The van der Waals surface area contributed by atoms with Gasteiger partial charge in [0, 0.05) is 0 Å². The van der Waals surface area contributed by atoms with Crippen LogP contribution in [0.3, 0.4) is 0 Å². The summed E-state index contributed by atoms with van der Waals surface area (Å²) in [5.74, 6) is 1.42. The zero-order valence-corrected chi connectivity index (χ0v) is 8.52. The van der Waals surface area contributed by atoms with Gasteiger partial charge < -0.3 is 15.8 Å². The fraction of sp³-hybridized carbons (Fsp3) is 0.545. The molecule has 0 radical (unpaired) electrons. The van der Waals surface area contributed by atoms with E-state index in [-0.39, 0.29) is 0 Å². The van der Waals surface area contributed by atoms with Crippen molar-refractivity contribution in [2.45, 2.75) is 37.5 Å². The summed E-state index contributed by atoms with van der Waals surface area (Å²) in [7, 11) is 0. The number of aromatic nitrogens is 1. The van der Waals surface area contributed by atoms with Gasteiger partial charge in [-0.05, 0) is 31.4 Å². The topological polar surface area (TPSA) is 60.2 Å².